The van der Waals surface area contributed by atoms with Gasteiger partial charge in [-0.25, -0.2) is 0 Å². The number of carbonyl (C=O) groups excluding carboxylic acids is 1. The molecule has 1 heterocycles. The molecule has 0 N–H and O–H groups in total. The van der Waals surface area contributed by atoms with E-state index in [9.17, 15) is 9.59 Å². The van der Waals surface area contributed by atoms with Crippen LogP contribution in [0.4, 0.5) is 17.1 Å². The summed E-state index contributed by atoms with van der Waals surface area (Å²) in [4.78, 5) is 29.0. The Labute approximate surface area is 293 Å². The van der Waals surface area contributed by atoms with Crippen LogP contribution >= 0.6 is 0 Å². The second-order valence-electron chi connectivity index (χ2n) is 12.6. The van der Waals surface area contributed by atoms with Crippen LogP contribution in [0.15, 0.2) is 156 Å². The van der Waals surface area contributed by atoms with Crippen molar-refractivity contribution in [2.24, 2.45) is 0 Å². The van der Waals surface area contributed by atoms with Crippen molar-refractivity contribution >= 4 is 57.2 Å². The highest BCUT2D eigenvalue weighted by Gasteiger charge is 2.21. The monoisotopic (exact) mass is 652 g/mol. The van der Waals surface area contributed by atoms with Crippen LogP contribution in [0.5, 0.6) is 0 Å². The lowest BCUT2D eigenvalue weighted by atomic mass is 10.0. The quantitative estimate of drug-likeness (QED) is 0.141. The van der Waals surface area contributed by atoms with Gasteiger partial charge in [0.15, 0.2) is 11.7 Å². The number of hydrogen-bond donors (Lipinski definition) is 0. The number of allylic oxidation sites excluding steroid dienone is 11. The van der Waals surface area contributed by atoms with E-state index in [4.69, 9.17) is 0 Å². The molecule has 0 saturated heterocycles. The standard InChI is InChI=1S/C46H40N2O2/c1-3-33-17-7-5-8-18-35(33)20-15-16-28-47-43-25-10-6-9-23-40(43)46(50)41-31-44(34(4-2)30-45(41)47)48(42-24-14-13-22-38(42)32-49)39-27-26-36-19-11-12-21-37(36)29-39/h3,6-9,11-15,17-27,29-32H,1,4-5,10,16,28H2,2H3/b20-15-. The Balaban J connectivity index is 1.43. The Morgan fingerprint density at radius 2 is 1.66 bits per heavy atom. The molecule has 0 spiro atoms. The lowest BCUT2D eigenvalue weighted by Crippen LogP contribution is -2.45. The van der Waals surface area contributed by atoms with E-state index >= 15 is 0 Å². The van der Waals surface area contributed by atoms with Crippen molar-refractivity contribution in [2.75, 3.05) is 4.90 Å². The van der Waals surface area contributed by atoms with E-state index in [2.05, 4.69) is 108 Å². The number of aldehydes is 1. The maximum atomic E-state index is 14.4. The van der Waals surface area contributed by atoms with Gasteiger partial charge in [-0.3, -0.25) is 9.59 Å². The van der Waals surface area contributed by atoms with Gasteiger partial charge in [-0.1, -0.05) is 117 Å². The molecular weight excluding hydrogens is 613 g/mol. The summed E-state index contributed by atoms with van der Waals surface area (Å²) in [7, 11) is 0. The Morgan fingerprint density at radius 3 is 2.48 bits per heavy atom. The summed E-state index contributed by atoms with van der Waals surface area (Å²) >= 11 is 0. The molecule has 0 unspecified atom stereocenters. The van der Waals surface area contributed by atoms with Crippen molar-refractivity contribution in [2.45, 2.75) is 39.2 Å². The second kappa shape index (κ2) is 14.6. The molecule has 1 aromatic heterocycles. The second-order valence-corrected chi connectivity index (χ2v) is 12.6. The van der Waals surface area contributed by atoms with Crippen molar-refractivity contribution in [1.29, 1.82) is 0 Å². The van der Waals surface area contributed by atoms with E-state index in [1.807, 2.05) is 60.7 Å². The van der Waals surface area contributed by atoms with Gasteiger partial charge >= 0.3 is 0 Å². The predicted molar refractivity (Wildman–Crippen MR) is 211 cm³/mol. The number of rotatable bonds is 10. The molecule has 2 aliphatic carbocycles. The number of para-hydroxylation sites is 1. The van der Waals surface area contributed by atoms with Gasteiger partial charge in [-0.2, -0.15) is 0 Å². The highest BCUT2D eigenvalue weighted by atomic mass is 16.1. The number of fused-ring (bicyclic) bond motifs is 3. The predicted octanol–water partition coefficient (Wildman–Crippen LogP) is 9.47. The first-order valence-corrected chi connectivity index (χ1v) is 17.4. The van der Waals surface area contributed by atoms with Crippen LogP contribution in [0.1, 0.15) is 42.1 Å². The average Bonchev–Trinajstić information content (AvgIpc) is 3.55. The highest BCUT2D eigenvalue weighted by Crippen LogP contribution is 2.40. The van der Waals surface area contributed by atoms with Crippen LogP contribution in [-0.4, -0.2) is 10.9 Å². The number of nitrogens with zero attached hydrogens (tertiary/aromatic N) is 2. The maximum absolute atomic E-state index is 14.4. The fraction of sp³-hybridized carbons (Fsp3) is 0.130. The summed E-state index contributed by atoms with van der Waals surface area (Å²) in [6.45, 7) is 6.86. The summed E-state index contributed by atoms with van der Waals surface area (Å²) in [5.74, 6) is 0. The molecule has 246 valence electrons. The third kappa shape index (κ3) is 6.28. The lowest BCUT2D eigenvalue weighted by Gasteiger charge is -2.29. The van der Waals surface area contributed by atoms with E-state index in [0.717, 1.165) is 87.4 Å². The molecule has 0 radical (unpaired) electrons. The Kier molecular flexibility index (Phi) is 9.52. The zero-order valence-corrected chi connectivity index (χ0v) is 28.4. The van der Waals surface area contributed by atoms with Crippen LogP contribution in [0, 0.1) is 0 Å². The van der Waals surface area contributed by atoms with Gasteiger partial charge in [0.1, 0.15) is 0 Å². The van der Waals surface area contributed by atoms with Crippen LogP contribution < -0.4 is 20.9 Å². The number of aromatic nitrogens is 1. The zero-order chi connectivity index (χ0) is 34.5. The minimum absolute atomic E-state index is 0.00629. The van der Waals surface area contributed by atoms with E-state index in [1.165, 1.54) is 0 Å². The van der Waals surface area contributed by atoms with Crippen molar-refractivity contribution in [3.05, 3.63) is 183 Å². The molecule has 4 heteroatoms. The van der Waals surface area contributed by atoms with Gasteiger partial charge in [0.2, 0.25) is 0 Å². The summed E-state index contributed by atoms with van der Waals surface area (Å²) in [5.41, 5.74) is 7.42. The number of hydrogen-bond acceptors (Lipinski definition) is 3. The minimum atomic E-state index is 0.00629. The summed E-state index contributed by atoms with van der Waals surface area (Å²) in [6, 6.07) is 26.5. The van der Waals surface area contributed by atoms with Gasteiger partial charge in [0.05, 0.1) is 16.9 Å². The minimum Gasteiger partial charge on any atom is -0.340 e. The molecule has 4 aromatic carbocycles. The van der Waals surface area contributed by atoms with Gasteiger partial charge in [-0.05, 0) is 95.6 Å². The smallest absolute Gasteiger partial charge is 0.197 e. The fourth-order valence-electron chi connectivity index (χ4n) is 7.03. The Bertz CT molecular complexity index is 2490. The number of benzene rings is 4. The molecular formula is C46H40N2O2. The number of aryl methyl sites for hydroxylation is 2. The molecule has 7 rings (SSSR count). The summed E-state index contributed by atoms with van der Waals surface area (Å²) in [6.07, 6.45) is 27.2. The van der Waals surface area contributed by atoms with Gasteiger partial charge in [-0.15, -0.1) is 0 Å². The largest absolute Gasteiger partial charge is 0.340 e. The molecule has 4 nitrogen and oxygen atoms in total. The normalized spacial score (nSPS) is 13.9. The summed E-state index contributed by atoms with van der Waals surface area (Å²) in [5, 5.41) is 4.54. The van der Waals surface area contributed by atoms with E-state index in [1.54, 1.807) is 0 Å². The van der Waals surface area contributed by atoms with E-state index < -0.39 is 0 Å². The molecule has 5 aromatic rings. The van der Waals surface area contributed by atoms with Gasteiger partial charge in [0, 0.05) is 33.7 Å². The fourth-order valence-corrected chi connectivity index (χ4v) is 7.03. The maximum Gasteiger partial charge on any atom is 0.197 e. The molecule has 0 atom stereocenters. The van der Waals surface area contributed by atoms with E-state index in [-0.39, 0.29) is 5.43 Å². The van der Waals surface area contributed by atoms with Crippen molar-refractivity contribution in [3.63, 3.8) is 0 Å². The number of carbonyl (C=O) groups is 1. The number of anilines is 3. The Morgan fingerprint density at radius 1 is 0.860 bits per heavy atom. The molecule has 0 amide bonds. The third-order valence-electron chi connectivity index (χ3n) is 9.54. The van der Waals surface area contributed by atoms with Gasteiger partial charge in [0.25, 0.3) is 0 Å². The first kappa shape index (κ1) is 32.5. The highest BCUT2D eigenvalue weighted by molar-refractivity contribution is 5.96. The molecule has 2 aliphatic rings. The zero-order valence-electron chi connectivity index (χ0n) is 28.4. The van der Waals surface area contributed by atoms with Crippen LogP contribution in [0.25, 0.3) is 33.8 Å². The first-order valence-electron chi connectivity index (χ1n) is 17.4. The van der Waals surface area contributed by atoms with Gasteiger partial charge < -0.3 is 9.47 Å². The first-order chi connectivity index (χ1) is 24.6. The molecule has 0 bridgehead atoms. The average molecular weight is 653 g/mol. The molecule has 0 aliphatic heterocycles. The SMILES string of the molecule is C=CC1=C(/C=C\CCn2c3c(c(=O)c4cc(N(c5ccc6ccccc6c5)c5ccccc5C=O)c(CC)cc42)=CC=CCC=3)C=CCC=C1. The van der Waals surface area contributed by atoms with Crippen molar-refractivity contribution in [1.82, 2.24) is 4.57 Å². The van der Waals surface area contributed by atoms with Crippen LogP contribution in [0.2, 0.25) is 0 Å². The third-order valence-corrected chi connectivity index (χ3v) is 9.54. The van der Waals surface area contributed by atoms with Crippen molar-refractivity contribution in [3.8, 4) is 0 Å². The van der Waals surface area contributed by atoms with Crippen LogP contribution in [-0.2, 0) is 13.0 Å². The molecule has 50 heavy (non-hydrogen) atoms. The lowest BCUT2D eigenvalue weighted by molar-refractivity contribution is 0.112. The molecule has 0 fully saturated rings. The molecule has 0 saturated carbocycles. The van der Waals surface area contributed by atoms with E-state index in [0.29, 0.717) is 22.7 Å². The van der Waals surface area contributed by atoms with Crippen LogP contribution in [0.3, 0.4) is 0 Å². The number of pyridine rings is 1. The summed E-state index contributed by atoms with van der Waals surface area (Å²) < 4.78 is 2.31. The Hall–Kier alpha value is -6.00. The van der Waals surface area contributed by atoms with Crippen molar-refractivity contribution < 1.29 is 4.79 Å². The topological polar surface area (TPSA) is 42.3 Å².